The van der Waals surface area contributed by atoms with E-state index in [0.29, 0.717) is 23.7 Å². The van der Waals surface area contributed by atoms with Gasteiger partial charge in [0.2, 0.25) is 0 Å². The van der Waals surface area contributed by atoms with Gasteiger partial charge in [0, 0.05) is 24.0 Å². The SMILES string of the molecule is CCCCCCOc1ccc(-c2ncc(-c3ccc(O)cc3)cn2)c(F)c1. The first kappa shape index (κ1) is 18.8. The highest BCUT2D eigenvalue weighted by atomic mass is 19.1. The van der Waals surface area contributed by atoms with E-state index in [0.717, 1.165) is 24.0 Å². The van der Waals surface area contributed by atoms with Gasteiger partial charge >= 0.3 is 0 Å². The first-order valence-electron chi connectivity index (χ1n) is 9.21. The summed E-state index contributed by atoms with van der Waals surface area (Å²) >= 11 is 0. The normalized spacial score (nSPS) is 10.7. The average Bonchev–Trinajstić information content (AvgIpc) is 2.69. The number of benzene rings is 2. The number of hydrogen-bond acceptors (Lipinski definition) is 4. The molecule has 0 saturated heterocycles. The Morgan fingerprint density at radius 1 is 0.926 bits per heavy atom. The van der Waals surface area contributed by atoms with E-state index in [1.54, 1.807) is 48.8 Å². The van der Waals surface area contributed by atoms with E-state index < -0.39 is 5.82 Å². The molecule has 2 aromatic carbocycles. The van der Waals surface area contributed by atoms with E-state index in [-0.39, 0.29) is 5.75 Å². The van der Waals surface area contributed by atoms with Crippen LogP contribution in [0.2, 0.25) is 0 Å². The summed E-state index contributed by atoms with van der Waals surface area (Å²) < 4.78 is 20.1. The number of aromatic hydroxyl groups is 1. The molecular weight excluding hydrogens is 343 g/mol. The fourth-order valence-corrected chi connectivity index (χ4v) is 2.76. The zero-order valence-electron chi connectivity index (χ0n) is 15.4. The summed E-state index contributed by atoms with van der Waals surface area (Å²) in [5, 5.41) is 9.36. The van der Waals surface area contributed by atoms with E-state index in [9.17, 15) is 9.50 Å². The number of unbranched alkanes of at least 4 members (excludes halogenated alkanes) is 3. The number of halogens is 1. The molecule has 0 saturated carbocycles. The summed E-state index contributed by atoms with van der Waals surface area (Å²) in [4.78, 5) is 8.56. The summed E-state index contributed by atoms with van der Waals surface area (Å²) in [5.41, 5.74) is 2.02. The van der Waals surface area contributed by atoms with Crippen LogP contribution in [-0.4, -0.2) is 21.7 Å². The molecule has 0 fully saturated rings. The topological polar surface area (TPSA) is 55.2 Å². The molecule has 4 nitrogen and oxygen atoms in total. The van der Waals surface area contributed by atoms with E-state index in [4.69, 9.17) is 4.74 Å². The Morgan fingerprint density at radius 2 is 1.67 bits per heavy atom. The van der Waals surface area contributed by atoms with Crippen LogP contribution in [0, 0.1) is 5.82 Å². The van der Waals surface area contributed by atoms with Crippen molar-refractivity contribution in [3.63, 3.8) is 0 Å². The molecule has 3 rings (SSSR count). The zero-order chi connectivity index (χ0) is 19.1. The second-order valence-corrected chi connectivity index (χ2v) is 6.39. The lowest BCUT2D eigenvalue weighted by Gasteiger charge is -2.08. The number of rotatable bonds is 8. The summed E-state index contributed by atoms with van der Waals surface area (Å²) in [6.07, 6.45) is 7.75. The van der Waals surface area contributed by atoms with Crippen molar-refractivity contribution in [3.05, 3.63) is 60.7 Å². The predicted molar refractivity (Wildman–Crippen MR) is 104 cm³/mol. The lowest BCUT2D eigenvalue weighted by atomic mass is 10.1. The smallest absolute Gasteiger partial charge is 0.162 e. The molecule has 0 aliphatic rings. The minimum absolute atomic E-state index is 0.200. The molecule has 0 radical (unpaired) electrons. The maximum atomic E-state index is 14.4. The second kappa shape index (κ2) is 9.12. The van der Waals surface area contributed by atoms with Crippen LogP contribution in [0.3, 0.4) is 0 Å². The molecule has 27 heavy (non-hydrogen) atoms. The van der Waals surface area contributed by atoms with Gasteiger partial charge in [-0.1, -0.05) is 38.3 Å². The number of aromatic nitrogens is 2. The summed E-state index contributed by atoms with van der Waals surface area (Å²) in [6.45, 7) is 2.75. The van der Waals surface area contributed by atoms with Gasteiger partial charge in [0.15, 0.2) is 5.82 Å². The van der Waals surface area contributed by atoms with Crippen LogP contribution in [0.5, 0.6) is 11.5 Å². The molecule has 0 unspecified atom stereocenters. The number of hydrogen-bond donors (Lipinski definition) is 1. The van der Waals surface area contributed by atoms with Gasteiger partial charge in [-0.05, 0) is 36.2 Å². The van der Waals surface area contributed by atoms with Gasteiger partial charge in [0.05, 0.1) is 12.2 Å². The van der Waals surface area contributed by atoms with Crippen molar-refractivity contribution in [1.29, 1.82) is 0 Å². The predicted octanol–water partition coefficient (Wildman–Crippen LogP) is 5.61. The van der Waals surface area contributed by atoms with Crippen LogP contribution in [0.15, 0.2) is 54.9 Å². The van der Waals surface area contributed by atoms with Gasteiger partial charge < -0.3 is 9.84 Å². The largest absolute Gasteiger partial charge is 0.508 e. The Hall–Kier alpha value is -2.95. The van der Waals surface area contributed by atoms with Gasteiger partial charge in [0.1, 0.15) is 17.3 Å². The Kier molecular flexibility index (Phi) is 6.36. The Balaban J connectivity index is 1.68. The van der Waals surface area contributed by atoms with E-state index in [1.165, 1.54) is 18.9 Å². The third-order valence-electron chi connectivity index (χ3n) is 4.30. The highest BCUT2D eigenvalue weighted by Gasteiger charge is 2.10. The quantitative estimate of drug-likeness (QED) is 0.526. The summed E-state index contributed by atoms with van der Waals surface area (Å²) in [6, 6.07) is 11.5. The van der Waals surface area contributed by atoms with Crippen LogP contribution in [0.25, 0.3) is 22.5 Å². The van der Waals surface area contributed by atoms with Gasteiger partial charge in [-0.2, -0.15) is 0 Å². The van der Waals surface area contributed by atoms with Crippen molar-refractivity contribution in [2.24, 2.45) is 0 Å². The minimum atomic E-state index is -0.404. The Labute approximate surface area is 158 Å². The lowest BCUT2D eigenvalue weighted by molar-refractivity contribution is 0.303. The van der Waals surface area contributed by atoms with E-state index in [1.807, 2.05) is 0 Å². The summed E-state index contributed by atoms with van der Waals surface area (Å²) in [7, 11) is 0. The lowest BCUT2D eigenvalue weighted by Crippen LogP contribution is -1.99. The third kappa shape index (κ3) is 5.03. The van der Waals surface area contributed by atoms with Gasteiger partial charge in [-0.15, -0.1) is 0 Å². The van der Waals surface area contributed by atoms with Crippen LogP contribution >= 0.6 is 0 Å². The molecule has 1 heterocycles. The van der Waals surface area contributed by atoms with Crippen molar-refractivity contribution in [2.45, 2.75) is 32.6 Å². The summed E-state index contributed by atoms with van der Waals surface area (Å²) in [5.74, 6) is 0.641. The number of phenolic OH excluding ortho intramolecular Hbond substituents is 1. The van der Waals surface area contributed by atoms with Crippen molar-refractivity contribution in [3.8, 4) is 34.0 Å². The molecule has 0 aliphatic carbocycles. The van der Waals surface area contributed by atoms with Crippen molar-refractivity contribution in [2.75, 3.05) is 6.61 Å². The molecule has 0 bridgehead atoms. The van der Waals surface area contributed by atoms with Crippen LogP contribution in [-0.2, 0) is 0 Å². The first-order chi connectivity index (χ1) is 13.2. The fraction of sp³-hybridized carbons (Fsp3) is 0.273. The first-order valence-corrected chi connectivity index (χ1v) is 9.21. The van der Waals surface area contributed by atoms with Crippen LogP contribution in [0.1, 0.15) is 32.6 Å². The number of nitrogens with zero attached hydrogens (tertiary/aromatic N) is 2. The minimum Gasteiger partial charge on any atom is -0.508 e. The van der Waals surface area contributed by atoms with Gasteiger partial charge in [-0.3, -0.25) is 0 Å². The van der Waals surface area contributed by atoms with E-state index in [2.05, 4.69) is 16.9 Å². The number of ether oxygens (including phenoxy) is 1. The molecular formula is C22H23FN2O2. The van der Waals surface area contributed by atoms with Gasteiger partial charge in [-0.25, -0.2) is 14.4 Å². The number of phenols is 1. The molecule has 1 N–H and O–H groups in total. The zero-order valence-corrected chi connectivity index (χ0v) is 15.4. The van der Waals surface area contributed by atoms with Gasteiger partial charge in [0.25, 0.3) is 0 Å². The van der Waals surface area contributed by atoms with Crippen molar-refractivity contribution < 1.29 is 14.2 Å². The fourth-order valence-electron chi connectivity index (χ4n) is 2.76. The van der Waals surface area contributed by atoms with Crippen molar-refractivity contribution in [1.82, 2.24) is 9.97 Å². The van der Waals surface area contributed by atoms with Crippen molar-refractivity contribution >= 4 is 0 Å². The second-order valence-electron chi connectivity index (χ2n) is 6.39. The molecule has 0 amide bonds. The van der Waals surface area contributed by atoms with Crippen LogP contribution < -0.4 is 4.74 Å². The molecule has 5 heteroatoms. The molecule has 1 aromatic heterocycles. The standard InChI is InChI=1S/C22H23FN2O2/c1-2-3-4-5-12-27-19-10-11-20(21(23)13-19)22-24-14-17(15-25-22)16-6-8-18(26)9-7-16/h6-11,13-15,26H,2-5,12H2,1H3. The maximum absolute atomic E-state index is 14.4. The Bertz CT molecular complexity index is 864. The highest BCUT2D eigenvalue weighted by molar-refractivity contribution is 5.64. The molecule has 0 aliphatic heterocycles. The molecule has 3 aromatic rings. The average molecular weight is 366 g/mol. The third-order valence-corrected chi connectivity index (χ3v) is 4.30. The van der Waals surface area contributed by atoms with Crippen LogP contribution in [0.4, 0.5) is 4.39 Å². The highest BCUT2D eigenvalue weighted by Crippen LogP contribution is 2.26. The maximum Gasteiger partial charge on any atom is 0.162 e. The molecule has 0 atom stereocenters. The Morgan fingerprint density at radius 3 is 2.33 bits per heavy atom. The molecule has 0 spiro atoms. The molecule has 140 valence electrons. The monoisotopic (exact) mass is 366 g/mol. The van der Waals surface area contributed by atoms with E-state index >= 15 is 0 Å².